The van der Waals surface area contributed by atoms with E-state index in [1.807, 2.05) is 25.1 Å². The van der Waals surface area contributed by atoms with Gasteiger partial charge in [-0.15, -0.1) is 0 Å². The standard InChI is InChI=1S/C21H24ClN3O3S/c1-15-3-4-18(22)14-21(15)23-9-11-24(12-10-23)29(27,28)19-5-6-20-17(13-19)7-8-25(20)16(2)26/h3-6,13-14H,7-12H2,1-2H3. The molecular formula is C21H24ClN3O3S. The van der Waals surface area contributed by atoms with Crippen LogP contribution in [0.5, 0.6) is 0 Å². The topological polar surface area (TPSA) is 60.9 Å². The number of rotatable bonds is 3. The Balaban J connectivity index is 1.51. The summed E-state index contributed by atoms with van der Waals surface area (Å²) in [6, 6.07) is 10.9. The first-order valence-corrected chi connectivity index (χ1v) is 11.5. The average Bonchev–Trinajstić information content (AvgIpc) is 3.13. The zero-order valence-corrected chi connectivity index (χ0v) is 18.1. The van der Waals surface area contributed by atoms with Gasteiger partial charge in [-0.2, -0.15) is 4.31 Å². The number of benzene rings is 2. The number of nitrogens with zero attached hydrogens (tertiary/aromatic N) is 3. The van der Waals surface area contributed by atoms with Crippen LogP contribution in [0, 0.1) is 6.92 Å². The van der Waals surface area contributed by atoms with Gasteiger partial charge in [-0.25, -0.2) is 8.42 Å². The number of anilines is 2. The predicted octanol–water partition coefficient (Wildman–Crippen LogP) is 3.07. The van der Waals surface area contributed by atoms with Crippen molar-refractivity contribution in [2.45, 2.75) is 25.2 Å². The van der Waals surface area contributed by atoms with Crippen LogP contribution in [-0.4, -0.2) is 51.4 Å². The largest absolute Gasteiger partial charge is 0.369 e. The van der Waals surface area contributed by atoms with E-state index in [1.165, 1.54) is 6.92 Å². The molecule has 29 heavy (non-hydrogen) atoms. The molecule has 0 spiro atoms. The number of carbonyl (C=O) groups excluding carboxylic acids is 1. The van der Waals surface area contributed by atoms with E-state index in [-0.39, 0.29) is 5.91 Å². The lowest BCUT2D eigenvalue weighted by molar-refractivity contribution is -0.116. The molecule has 1 fully saturated rings. The first-order valence-electron chi connectivity index (χ1n) is 9.69. The van der Waals surface area contributed by atoms with Crippen LogP contribution in [0.15, 0.2) is 41.3 Å². The molecule has 2 aliphatic rings. The minimum Gasteiger partial charge on any atom is -0.369 e. The zero-order valence-electron chi connectivity index (χ0n) is 16.6. The van der Waals surface area contributed by atoms with Crippen molar-refractivity contribution in [1.29, 1.82) is 0 Å². The highest BCUT2D eigenvalue weighted by molar-refractivity contribution is 7.89. The summed E-state index contributed by atoms with van der Waals surface area (Å²) in [5.74, 6) is -0.0215. The lowest BCUT2D eigenvalue weighted by Crippen LogP contribution is -2.48. The Hall–Kier alpha value is -2.09. The second-order valence-electron chi connectivity index (χ2n) is 7.53. The Labute approximate surface area is 176 Å². The van der Waals surface area contributed by atoms with E-state index < -0.39 is 10.0 Å². The monoisotopic (exact) mass is 433 g/mol. The number of carbonyl (C=O) groups is 1. The van der Waals surface area contributed by atoms with Crippen LogP contribution in [0.4, 0.5) is 11.4 Å². The molecular weight excluding hydrogens is 410 g/mol. The van der Waals surface area contributed by atoms with Gasteiger partial charge in [0.15, 0.2) is 0 Å². The van der Waals surface area contributed by atoms with Gasteiger partial charge in [0.05, 0.1) is 4.90 Å². The van der Waals surface area contributed by atoms with Gasteiger partial charge in [-0.05, 0) is 54.8 Å². The van der Waals surface area contributed by atoms with E-state index >= 15 is 0 Å². The summed E-state index contributed by atoms with van der Waals surface area (Å²) in [6.07, 6.45) is 0.681. The fraction of sp³-hybridized carbons (Fsp3) is 0.381. The average molecular weight is 434 g/mol. The lowest BCUT2D eigenvalue weighted by Gasteiger charge is -2.36. The molecule has 154 valence electrons. The van der Waals surface area contributed by atoms with Crippen molar-refractivity contribution in [3.63, 3.8) is 0 Å². The molecule has 0 aliphatic carbocycles. The van der Waals surface area contributed by atoms with Crippen LogP contribution in [-0.2, 0) is 21.2 Å². The van der Waals surface area contributed by atoms with Crippen molar-refractivity contribution in [2.75, 3.05) is 42.5 Å². The van der Waals surface area contributed by atoms with Crippen molar-refractivity contribution >= 4 is 38.9 Å². The Morgan fingerprint density at radius 1 is 0.966 bits per heavy atom. The molecule has 8 heteroatoms. The van der Waals surface area contributed by atoms with Gasteiger partial charge in [0.2, 0.25) is 15.9 Å². The van der Waals surface area contributed by atoms with Gasteiger partial charge < -0.3 is 9.80 Å². The summed E-state index contributed by atoms with van der Waals surface area (Å²) in [6.45, 7) is 6.24. The molecule has 0 N–H and O–H groups in total. The number of hydrogen-bond acceptors (Lipinski definition) is 4. The lowest BCUT2D eigenvalue weighted by atomic mass is 10.1. The Morgan fingerprint density at radius 2 is 1.69 bits per heavy atom. The highest BCUT2D eigenvalue weighted by Gasteiger charge is 2.31. The second kappa shape index (κ2) is 7.63. The van der Waals surface area contributed by atoms with E-state index in [2.05, 4.69) is 4.90 Å². The molecule has 0 saturated carbocycles. The number of piperazine rings is 1. The molecule has 1 amide bonds. The molecule has 2 aromatic rings. The normalized spacial score (nSPS) is 17.5. The first kappa shape index (κ1) is 20.2. The minimum atomic E-state index is -3.57. The van der Waals surface area contributed by atoms with Crippen molar-refractivity contribution in [2.24, 2.45) is 0 Å². The van der Waals surface area contributed by atoms with Crippen LogP contribution < -0.4 is 9.80 Å². The Kier molecular flexibility index (Phi) is 5.31. The SMILES string of the molecule is CC(=O)N1CCc2cc(S(=O)(=O)N3CCN(c4cc(Cl)ccc4C)CC3)ccc21. The first-order chi connectivity index (χ1) is 13.8. The molecule has 1 saturated heterocycles. The van der Waals surface area contributed by atoms with Gasteiger partial charge in [0.25, 0.3) is 0 Å². The number of amides is 1. The molecule has 2 heterocycles. The Bertz CT molecular complexity index is 1060. The summed E-state index contributed by atoms with van der Waals surface area (Å²) in [5.41, 5.74) is 3.91. The smallest absolute Gasteiger partial charge is 0.243 e. The van der Waals surface area contributed by atoms with Gasteiger partial charge in [0, 0.05) is 56.0 Å². The van der Waals surface area contributed by atoms with Gasteiger partial charge in [0.1, 0.15) is 0 Å². The fourth-order valence-electron chi connectivity index (χ4n) is 4.11. The zero-order chi connectivity index (χ0) is 20.8. The van der Waals surface area contributed by atoms with Gasteiger partial charge in [-0.3, -0.25) is 4.79 Å². The number of halogens is 1. The summed E-state index contributed by atoms with van der Waals surface area (Å²) < 4.78 is 27.9. The molecule has 2 aromatic carbocycles. The molecule has 0 bridgehead atoms. The fourth-order valence-corrected chi connectivity index (χ4v) is 5.75. The van der Waals surface area contributed by atoms with Gasteiger partial charge in [-0.1, -0.05) is 17.7 Å². The van der Waals surface area contributed by atoms with E-state index in [0.717, 1.165) is 22.5 Å². The van der Waals surface area contributed by atoms with Crippen molar-refractivity contribution in [3.8, 4) is 0 Å². The molecule has 6 nitrogen and oxygen atoms in total. The summed E-state index contributed by atoms with van der Waals surface area (Å²) >= 11 is 6.14. The van der Waals surface area contributed by atoms with Crippen LogP contribution in [0.25, 0.3) is 0 Å². The highest BCUT2D eigenvalue weighted by Crippen LogP contribution is 2.32. The second-order valence-corrected chi connectivity index (χ2v) is 9.91. The molecule has 0 radical (unpaired) electrons. The van der Waals surface area contributed by atoms with Crippen LogP contribution >= 0.6 is 11.6 Å². The van der Waals surface area contributed by atoms with E-state index in [4.69, 9.17) is 11.6 Å². The van der Waals surface area contributed by atoms with Gasteiger partial charge >= 0.3 is 0 Å². The molecule has 0 unspecified atom stereocenters. The van der Waals surface area contributed by atoms with Crippen LogP contribution in [0.1, 0.15) is 18.1 Å². The van der Waals surface area contributed by atoms with E-state index in [0.29, 0.717) is 49.1 Å². The third kappa shape index (κ3) is 3.74. The maximum atomic E-state index is 13.2. The third-order valence-electron chi connectivity index (χ3n) is 5.71. The summed E-state index contributed by atoms with van der Waals surface area (Å²) in [5, 5.41) is 0.679. The van der Waals surface area contributed by atoms with E-state index in [9.17, 15) is 13.2 Å². The third-order valence-corrected chi connectivity index (χ3v) is 7.84. The Morgan fingerprint density at radius 3 is 2.38 bits per heavy atom. The van der Waals surface area contributed by atoms with Crippen LogP contribution in [0.2, 0.25) is 5.02 Å². The molecule has 0 atom stereocenters. The predicted molar refractivity (Wildman–Crippen MR) is 115 cm³/mol. The van der Waals surface area contributed by atoms with Crippen molar-refractivity contribution in [3.05, 3.63) is 52.5 Å². The summed E-state index contributed by atoms with van der Waals surface area (Å²) in [4.78, 5) is 15.9. The molecule has 4 rings (SSSR count). The quantitative estimate of drug-likeness (QED) is 0.746. The maximum absolute atomic E-state index is 13.2. The molecule has 2 aliphatic heterocycles. The van der Waals surface area contributed by atoms with E-state index in [1.54, 1.807) is 27.4 Å². The number of hydrogen-bond donors (Lipinski definition) is 0. The van der Waals surface area contributed by atoms with Crippen molar-refractivity contribution < 1.29 is 13.2 Å². The number of sulfonamides is 1. The van der Waals surface area contributed by atoms with Crippen LogP contribution in [0.3, 0.4) is 0 Å². The minimum absolute atomic E-state index is 0.0215. The number of aryl methyl sites for hydroxylation is 1. The molecule has 0 aromatic heterocycles. The maximum Gasteiger partial charge on any atom is 0.243 e. The highest BCUT2D eigenvalue weighted by atomic mass is 35.5. The van der Waals surface area contributed by atoms with Crippen molar-refractivity contribution in [1.82, 2.24) is 4.31 Å². The number of fused-ring (bicyclic) bond motifs is 1. The summed E-state index contributed by atoms with van der Waals surface area (Å²) in [7, 11) is -3.57.